The van der Waals surface area contributed by atoms with Gasteiger partial charge in [0, 0.05) is 24.9 Å². The highest BCUT2D eigenvalue weighted by atomic mass is 19.3. The minimum absolute atomic E-state index is 0.0991. The number of piperidine rings is 1. The summed E-state index contributed by atoms with van der Waals surface area (Å²) in [5.41, 5.74) is 2.04. The van der Waals surface area contributed by atoms with E-state index in [4.69, 9.17) is 0 Å². The van der Waals surface area contributed by atoms with Crippen LogP contribution in [0.25, 0.3) is 0 Å². The van der Waals surface area contributed by atoms with Crippen LogP contribution in [0.5, 0.6) is 0 Å². The molecule has 4 heteroatoms. The van der Waals surface area contributed by atoms with Gasteiger partial charge in [0.2, 0.25) is 6.43 Å². The molecule has 1 aliphatic rings. The fourth-order valence-corrected chi connectivity index (χ4v) is 3.87. The lowest BCUT2D eigenvalue weighted by molar-refractivity contribution is 0.122. The van der Waals surface area contributed by atoms with E-state index in [0.29, 0.717) is 12.0 Å². The van der Waals surface area contributed by atoms with E-state index >= 15 is 0 Å². The molecule has 0 aromatic heterocycles. The Hall–Kier alpha value is -1.00. The zero-order chi connectivity index (χ0) is 18.6. The molecule has 1 aromatic rings. The number of rotatable bonds is 6. The molecular weight excluding hydrogens is 318 g/mol. The summed E-state index contributed by atoms with van der Waals surface area (Å²) < 4.78 is 25.5. The normalized spacial score (nSPS) is 18.9. The Balaban J connectivity index is 2.10. The number of halogens is 2. The highest BCUT2D eigenvalue weighted by molar-refractivity contribution is 5.28. The maximum Gasteiger partial charge on any atom is 0.242 e. The lowest BCUT2D eigenvalue weighted by atomic mass is 9.75. The van der Waals surface area contributed by atoms with E-state index in [9.17, 15) is 8.78 Å². The van der Waals surface area contributed by atoms with Gasteiger partial charge in [-0.15, -0.1) is 0 Å². The summed E-state index contributed by atoms with van der Waals surface area (Å²) in [6.45, 7) is 10.00. The van der Waals surface area contributed by atoms with Crippen LogP contribution >= 0.6 is 0 Å². The molecule has 1 fully saturated rings. The van der Waals surface area contributed by atoms with Crippen molar-refractivity contribution in [3.63, 3.8) is 0 Å². The predicted molar refractivity (Wildman–Crippen MR) is 101 cm³/mol. The van der Waals surface area contributed by atoms with E-state index in [1.165, 1.54) is 18.4 Å². The molecule has 0 radical (unpaired) electrons. The maximum absolute atomic E-state index is 12.7. The summed E-state index contributed by atoms with van der Waals surface area (Å²) in [5.74, 6) is 0.348. The van der Waals surface area contributed by atoms with Gasteiger partial charge in [-0.05, 0) is 56.6 Å². The van der Waals surface area contributed by atoms with Crippen molar-refractivity contribution in [2.24, 2.45) is 5.41 Å². The topological polar surface area (TPSA) is 6.48 Å². The molecule has 1 aliphatic heterocycles. The number of hydrogen-bond donors (Lipinski definition) is 0. The van der Waals surface area contributed by atoms with Gasteiger partial charge in [-0.1, -0.05) is 45.0 Å². The average molecular weight is 353 g/mol. The number of hydrogen-bond acceptors (Lipinski definition) is 2. The Morgan fingerprint density at radius 2 is 1.80 bits per heavy atom. The molecule has 0 aliphatic carbocycles. The monoisotopic (exact) mass is 352 g/mol. The van der Waals surface area contributed by atoms with E-state index in [1.807, 2.05) is 18.2 Å². The van der Waals surface area contributed by atoms with Crippen LogP contribution in [0.1, 0.15) is 50.7 Å². The SMILES string of the molecule is CN(C)C1CCN(CC(c2cccc(CC(F)F)c2)C(C)(C)C)CC1. The van der Waals surface area contributed by atoms with Crippen LogP contribution in [0.15, 0.2) is 24.3 Å². The van der Waals surface area contributed by atoms with Gasteiger partial charge in [0.1, 0.15) is 0 Å². The Morgan fingerprint density at radius 3 is 2.32 bits per heavy atom. The van der Waals surface area contributed by atoms with Crippen molar-refractivity contribution in [1.82, 2.24) is 9.80 Å². The molecule has 1 atom stereocenters. The second kappa shape index (κ2) is 8.59. The maximum atomic E-state index is 12.7. The zero-order valence-corrected chi connectivity index (χ0v) is 16.4. The Morgan fingerprint density at radius 1 is 1.16 bits per heavy atom. The first-order chi connectivity index (χ1) is 11.7. The van der Waals surface area contributed by atoms with E-state index in [2.05, 4.69) is 50.7 Å². The number of benzene rings is 1. The largest absolute Gasteiger partial charge is 0.306 e. The van der Waals surface area contributed by atoms with E-state index in [0.717, 1.165) is 25.2 Å². The predicted octanol–water partition coefficient (Wildman–Crippen LogP) is 4.65. The summed E-state index contributed by atoms with van der Waals surface area (Å²) in [7, 11) is 4.32. The number of likely N-dealkylation sites (tertiary alicyclic amines) is 1. The van der Waals surface area contributed by atoms with E-state index in [1.54, 1.807) is 0 Å². The first-order valence-corrected chi connectivity index (χ1v) is 9.42. The van der Waals surface area contributed by atoms with E-state index < -0.39 is 6.43 Å². The number of alkyl halides is 2. The molecule has 142 valence electrons. The van der Waals surface area contributed by atoms with Gasteiger partial charge in [-0.25, -0.2) is 8.78 Å². The lowest BCUT2D eigenvalue weighted by Crippen LogP contribution is -2.44. The van der Waals surface area contributed by atoms with Gasteiger partial charge >= 0.3 is 0 Å². The van der Waals surface area contributed by atoms with Crippen LogP contribution in [0.2, 0.25) is 0 Å². The molecule has 1 heterocycles. The fourth-order valence-electron chi connectivity index (χ4n) is 3.87. The molecule has 0 saturated carbocycles. The van der Waals surface area contributed by atoms with Gasteiger partial charge in [0.15, 0.2) is 0 Å². The molecule has 1 aromatic carbocycles. The fraction of sp³-hybridized carbons (Fsp3) is 0.714. The highest BCUT2D eigenvalue weighted by Gasteiger charge is 2.30. The quantitative estimate of drug-likeness (QED) is 0.735. The third kappa shape index (κ3) is 6.03. The van der Waals surface area contributed by atoms with Crippen LogP contribution in [0.4, 0.5) is 8.78 Å². The summed E-state index contributed by atoms with van der Waals surface area (Å²) >= 11 is 0. The van der Waals surface area contributed by atoms with Crippen LogP contribution in [0.3, 0.4) is 0 Å². The van der Waals surface area contributed by atoms with Gasteiger partial charge < -0.3 is 9.80 Å². The van der Waals surface area contributed by atoms with Crippen LogP contribution in [-0.4, -0.2) is 56.0 Å². The first kappa shape index (κ1) is 20.3. The molecule has 1 unspecified atom stereocenters. The van der Waals surface area contributed by atoms with Crippen molar-refractivity contribution >= 4 is 0 Å². The van der Waals surface area contributed by atoms with Crippen molar-refractivity contribution < 1.29 is 8.78 Å². The lowest BCUT2D eigenvalue weighted by Gasteiger charge is -2.40. The molecule has 1 saturated heterocycles. The first-order valence-electron chi connectivity index (χ1n) is 9.42. The highest BCUT2D eigenvalue weighted by Crippen LogP contribution is 2.37. The van der Waals surface area contributed by atoms with Crippen LogP contribution in [-0.2, 0) is 6.42 Å². The van der Waals surface area contributed by atoms with Crippen molar-refractivity contribution in [3.8, 4) is 0 Å². The van der Waals surface area contributed by atoms with E-state index in [-0.39, 0.29) is 11.8 Å². The minimum atomic E-state index is -2.28. The summed E-state index contributed by atoms with van der Waals surface area (Å²) in [6.07, 6.45) is -0.0304. The second-order valence-corrected chi connectivity index (χ2v) is 8.75. The van der Waals surface area contributed by atoms with Crippen molar-refractivity contribution in [2.45, 2.75) is 58.4 Å². The van der Waals surface area contributed by atoms with Crippen LogP contribution in [0, 0.1) is 5.41 Å². The summed E-state index contributed by atoms with van der Waals surface area (Å²) in [6, 6.07) is 8.53. The third-order valence-electron chi connectivity index (χ3n) is 5.52. The second-order valence-electron chi connectivity index (χ2n) is 8.75. The van der Waals surface area contributed by atoms with Gasteiger partial charge in [0.05, 0.1) is 0 Å². The van der Waals surface area contributed by atoms with Gasteiger partial charge in [-0.2, -0.15) is 0 Å². The summed E-state index contributed by atoms with van der Waals surface area (Å²) in [5, 5.41) is 0. The molecule has 0 bridgehead atoms. The Bertz CT molecular complexity index is 529. The minimum Gasteiger partial charge on any atom is -0.306 e. The Kier molecular flexibility index (Phi) is 6.98. The molecule has 0 N–H and O–H groups in total. The van der Waals surface area contributed by atoms with Crippen molar-refractivity contribution in [2.75, 3.05) is 33.7 Å². The van der Waals surface area contributed by atoms with Crippen molar-refractivity contribution in [3.05, 3.63) is 35.4 Å². The van der Waals surface area contributed by atoms with Crippen LogP contribution < -0.4 is 0 Å². The molecule has 0 spiro atoms. The molecule has 2 rings (SSSR count). The third-order valence-corrected chi connectivity index (χ3v) is 5.52. The average Bonchev–Trinajstić information content (AvgIpc) is 2.51. The molecule has 25 heavy (non-hydrogen) atoms. The Labute approximate surface area is 152 Å². The molecule has 2 nitrogen and oxygen atoms in total. The number of nitrogens with zero attached hydrogens (tertiary/aromatic N) is 2. The van der Waals surface area contributed by atoms with Gasteiger partial charge in [-0.3, -0.25) is 0 Å². The van der Waals surface area contributed by atoms with Crippen molar-refractivity contribution in [1.29, 1.82) is 0 Å². The zero-order valence-electron chi connectivity index (χ0n) is 16.4. The van der Waals surface area contributed by atoms with Gasteiger partial charge in [0.25, 0.3) is 0 Å². The molecule has 0 amide bonds. The smallest absolute Gasteiger partial charge is 0.242 e. The summed E-state index contributed by atoms with van der Waals surface area (Å²) in [4.78, 5) is 4.88. The molecular formula is C21H34F2N2. The standard InChI is InChI=1S/C21H34F2N2/c1-21(2,3)19(15-25-11-9-18(10-12-25)24(4)5)17-8-6-7-16(13-17)14-20(22)23/h6-8,13,18-20H,9-12,14-15H2,1-5H3.